The average molecular weight is 603 g/mol. The molecule has 0 N–H and O–H groups in total. The molecule has 6 aromatic rings. The van der Waals surface area contributed by atoms with Gasteiger partial charge in [-0.05, 0) is 71.5 Å². The first-order valence-corrected chi connectivity index (χ1v) is 16.3. The van der Waals surface area contributed by atoms with E-state index in [2.05, 4.69) is 159 Å². The van der Waals surface area contributed by atoms with Crippen LogP contribution < -0.4 is 20.6 Å². The molecule has 0 atom stereocenters. The summed E-state index contributed by atoms with van der Waals surface area (Å²) in [7, 11) is 0. The van der Waals surface area contributed by atoms with Gasteiger partial charge in [-0.1, -0.05) is 123 Å². The minimum Gasteiger partial charge on any atom is -0.458 e. The van der Waals surface area contributed by atoms with Crippen LogP contribution in [0.25, 0.3) is 0 Å². The number of hydrogen-bond acceptors (Lipinski definition) is 4. The van der Waals surface area contributed by atoms with E-state index >= 15 is 0 Å². The summed E-state index contributed by atoms with van der Waals surface area (Å²) in [6, 6.07) is 47.1. The van der Waals surface area contributed by atoms with Crippen molar-refractivity contribution >= 4 is 46.5 Å². The Morgan fingerprint density at radius 1 is 0.667 bits per heavy atom. The van der Waals surface area contributed by atoms with Gasteiger partial charge in [0.05, 0.1) is 11.4 Å². The Morgan fingerprint density at radius 3 is 2.00 bits per heavy atom. The molecule has 1 aliphatic rings. The highest BCUT2D eigenvalue weighted by Crippen LogP contribution is 2.52. The number of aryl methyl sites for hydroxylation is 1. The summed E-state index contributed by atoms with van der Waals surface area (Å²) in [5.41, 5.74) is 9.49. The molecule has 0 fully saturated rings. The monoisotopic (exact) mass is 602 g/mol. The predicted octanol–water partition coefficient (Wildman–Crippen LogP) is 9.68. The van der Waals surface area contributed by atoms with Crippen LogP contribution in [0.5, 0.6) is 11.5 Å². The fourth-order valence-corrected chi connectivity index (χ4v) is 7.45. The summed E-state index contributed by atoms with van der Waals surface area (Å²) < 4.78 is 6.84. The Hall–Kier alpha value is -4.74. The van der Waals surface area contributed by atoms with Crippen molar-refractivity contribution in [3.63, 3.8) is 0 Å². The van der Waals surface area contributed by atoms with Gasteiger partial charge >= 0.3 is 0 Å². The number of pyridine rings is 1. The van der Waals surface area contributed by atoms with E-state index in [4.69, 9.17) is 4.74 Å². The van der Waals surface area contributed by atoms with Crippen molar-refractivity contribution in [1.82, 2.24) is 4.98 Å². The van der Waals surface area contributed by atoms with Crippen LogP contribution in [0.15, 0.2) is 150 Å². The molecule has 3 nitrogen and oxygen atoms in total. The van der Waals surface area contributed by atoms with E-state index in [1.807, 2.05) is 18.3 Å². The van der Waals surface area contributed by atoms with Crippen LogP contribution in [-0.2, 0) is 5.41 Å². The largest absolute Gasteiger partial charge is 0.458 e. The van der Waals surface area contributed by atoms with Crippen LogP contribution in [0, 0.1) is 6.92 Å². The van der Waals surface area contributed by atoms with Gasteiger partial charge in [-0.3, -0.25) is 0 Å². The Labute approximate surface area is 271 Å². The first-order valence-electron chi connectivity index (χ1n) is 15.5. The zero-order chi connectivity index (χ0) is 31.0. The summed E-state index contributed by atoms with van der Waals surface area (Å²) in [5.74, 6) is 1.71. The third-order valence-electron chi connectivity index (χ3n) is 8.91. The minimum atomic E-state index is -0.103. The number of para-hydroxylation sites is 3. The van der Waals surface area contributed by atoms with E-state index in [1.54, 1.807) is 11.8 Å². The van der Waals surface area contributed by atoms with Gasteiger partial charge in [0.15, 0.2) is 0 Å². The highest BCUT2D eigenvalue weighted by atomic mass is 32.2. The van der Waals surface area contributed by atoms with Crippen molar-refractivity contribution in [2.24, 2.45) is 0 Å². The zero-order valence-electron chi connectivity index (χ0n) is 26.1. The van der Waals surface area contributed by atoms with E-state index in [0.29, 0.717) is 0 Å². The van der Waals surface area contributed by atoms with Gasteiger partial charge in [0.2, 0.25) is 6.71 Å². The summed E-state index contributed by atoms with van der Waals surface area (Å²) in [6.45, 7) is 9.12. The Bertz CT molecular complexity index is 1940. The fourth-order valence-electron chi connectivity index (χ4n) is 6.45. The maximum atomic E-state index is 6.84. The van der Waals surface area contributed by atoms with E-state index in [1.165, 1.54) is 32.9 Å². The van der Waals surface area contributed by atoms with E-state index < -0.39 is 0 Å². The van der Waals surface area contributed by atoms with Gasteiger partial charge in [-0.2, -0.15) is 0 Å². The quantitative estimate of drug-likeness (QED) is 0.170. The predicted molar refractivity (Wildman–Crippen MR) is 190 cm³/mol. The lowest BCUT2D eigenvalue weighted by Gasteiger charge is -2.42. The molecule has 2 heterocycles. The van der Waals surface area contributed by atoms with E-state index in [9.17, 15) is 0 Å². The molecule has 0 radical (unpaired) electrons. The molecule has 0 amide bonds. The second kappa shape index (κ2) is 12.0. The molecular formula is C40H35BN2OS. The van der Waals surface area contributed by atoms with Crippen LogP contribution in [0.3, 0.4) is 0 Å². The molecule has 0 unspecified atom stereocenters. The second-order valence-electron chi connectivity index (χ2n) is 12.1. The normalized spacial score (nSPS) is 13.1. The Balaban J connectivity index is 1.26. The summed E-state index contributed by atoms with van der Waals surface area (Å²) in [4.78, 5) is 8.12. The molecule has 220 valence electrons. The summed E-state index contributed by atoms with van der Waals surface area (Å²) >= 11 is 1.70. The summed E-state index contributed by atoms with van der Waals surface area (Å²) in [5, 5.41) is 0.985. The number of nitrogens with zero attached hydrogens (tertiary/aromatic N) is 2. The van der Waals surface area contributed by atoms with Crippen LogP contribution in [0.2, 0.25) is 6.82 Å². The molecule has 5 heteroatoms. The van der Waals surface area contributed by atoms with E-state index in [0.717, 1.165) is 33.2 Å². The average Bonchev–Trinajstić information content (AvgIpc) is 3.07. The maximum absolute atomic E-state index is 6.84. The van der Waals surface area contributed by atoms with Gasteiger partial charge in [0.1, 0.15) is 16.5 Å². The lowest BCUT2D eigenvalue weighted by atomic mass is 9.42. The smallest absolute Gasteiger partial charge is 0.212 e. The van der Waals surface area contributed by atoms with Crippen LogP contribution in [0.1, 0.15) is 30.5 Å². The summed E-state index contributed by atoms with van der Waals surface area (Å²) in [6.07, 6.45) is 1.84. The molecular weight excluding hydrogens is 567 g/mol. The SMILES string of the molecule is CB(c1ccccc1Oc1cc(N2c3ccccc3C(C)(C)c3ccccc32)ccc1C)c1ccccc1Sc1ccccn1. The molecule has 0 saturated heterocycles. The van der Waals surface area contributed by atoms with Crippen LogP contribution >= 0.6 is 11.8 Å². The highest BCUT2D eigenvalue weighted by molar-refractivity contribution is 7.99. The number of fused-ring (bicyclic) bond motifs is 2. The third-order valence-corrected chi connectivity index (χ3v) is 9.95. The van der Waals surface area contributed by atoms with Gasteiger partial charge in [0, 0.05) is 28.3 Å². The minimum absolute atomic E-state index is 0.103. The molecule has 0 bridgehead atoms. The van der Waals surface area contributed by atoms with Gasteiger partial charge in [-0.15, -0.1) is 0 Å². The van der Waals surface area contributed by atoms with E-state index in [-0.39, 0.29) is 12.1 Å². The molecule has 0 spiro atoms. The lowest BCUT2D eigenvalue weighted by molar-refractivity contribution is 0.482. The van der Waals surface area contributed by atoms with Gasteiger partial charge in [-0.25, -0.2) is 4.98 Å². The second-order valence-corrected chi connectivity index (χ2v) is 13.2. The first kappa shape index (κ1) is 29.0. The molecule has 5 aromatic carbocycles. The number of hydrogen-bond donors (Lipinski definition) is 0. The maximum Gasteiger partial charge on any atom is 0.212 e. The van der Waals surface area contributed by atoms with Crippen molar-refractivity contribution in [1.29, 1.82) is 0 Å². The molecule has 7 rings (SSSR count). The molecule has 0 saturated carbocycles. The molecule has 0 aliphatic carbocycles. The fraction of sp³-hybridized carbons (Fsp3) is 0.125. The number of rotatable bonds is 7. The van der Waals surface area contributed by atoms with Crippen molar-refractivity contribution in [3.8, 4) is 11.5 Å². The number of benzene rings is 5. The van der Waals surface area contributed by atoms with Crippen molar-refractivity contribution in [3.05, 3.63) is 156 Å². The Morgan fingerprint density at radius 2 is 1.29 bits per heavy atom. The van der Waals surface area contributed by atoms with Crippen molar-refractivity contribution < 1.29 is 4.74 Å². The van der Waals surface area contributed by atoms with Crippen LogP contribution in [0.4, 0.5) is 17.1 Å². The molecule has 1 aromatic heterocycles. The third kappa shape index (κ3) is 5.42. The number of anilines is 3. The highest BCUT2D eigenvalue weighted by Gasteiger charge is 2.36. The van der Waals surface area contributed by atoms with Crippen molar-refractivity contribution in [2.75, 3.05) is 4.90 Å². The standard InChI is InChI=1S/C40H35BN2OS/c1-28-24-25-29(43-34-19-9-5-15-30(34)40(2,3)31-16-6-10-20-35(31)43)27-37(28)44-36-21-11-7-17-32(36)41(4)33-18-8-12-22-38(33)45-39-23-13-14-26-42-39/h5-27H,1-4H3. The Kier molecular flexibility index (Phi) is 7.72. The topological polar surface area (TPSA) is 25.4 Å². The van der Waals surface area contributed by atoms with Gasteiger partial charge in [0.25, 0.3) is 0 Å². The molecule has 1 aliphatic heterocycles. The van der Waals surface area contributed by atoms with Crippen LogP contribution in [-0.4, -0.2) is 11.7 Å². The van der Waals surface area contributed by atoms with Crippen molar-refractivity contribution in [2.45, 2.75) is 42.9 Å². The number of aromatic nitrogens is 1. The number of ether oxygens (including phenoxy) is 1. The molecule has 45 heavy (non-hydrogen) atoms. The lowest BCUT2D eigenvalue weighted by Crippen LogP contribution is -2.40. The zero-order valence-corrected chi connectivity index (χ0v) is 26.9. The first-order chi connectivity index (χ1) is 21.9. The van der Waals surface area contributed by atoms with Gasteiger partial charge < -0.3 is 9.64 Å².